The minimum absolute atomic E-state index is 0.207. The van der Waals surface area contributed by atoms with E-state index < -0.39 is 0 Å². The number of carbonyl (C=O) groups is 1. The van der Waals surface area contributed by atoms with Gasteiger partial charge in [-0.15, -0.1) is 0 Å². The summed E-state index contributed by atoms with van der Waals surface area (Å²) in [6.07, 6.45) is 4.29. The highest BCUT2D eigenvalue weighted by Gasteiger charge is 2.21. The minimum Gasteiger partial charge on any atom is -0.493 e. The van der Waals surface area contributed by atoms with Crippen LogP contribution in [0.5, 0.6) is 5.75 Å². The van der Waals surface area contributed by atoms with E-state index in [0.717, 1.165) is 12.2 Å². The van der Waals surface area contributed by atoms with Crippen LogP contribution in [0.4, 0.5) is 0 Å². The number of amides is 1. The largest absolute Gasteiger partial charge is 0.493 e. The Bertz CT molecular complexity index is 914. The van der Waals surface area contributed by atoms with E-state index in [9.17, 15) is 4.79 Å². The molecule has 0 radical (unpaired) electrons. The van der Waals surface area contributed by atoms with Gasteiger partial charge in [0.25, 0.3) is 5.91 Å². The van der Waals surface area contributed by atoms with Crippen LogP contribution in [-0.4, -0.2) is 29.0 Å². The first-order valence-corrected chi connectivity index (χ1v) is 9.74. The Hall–Kier alpha value is -2.80. The summed E-state index contributed by atoms with van der Waals surface area (Å²) >= 11 is 1.46. The van der Waals surface area contributed by atoms with Crippen LogP contribution in [-0.2, 0) is 12.2 Å². The zero-order valence-electron chi connectivity index (χ0n) is 14.6. The number of carbonyl (C=O) groups excluding carboxylic acids is 1. The Kier molecular flexibility index (Phi) is 5.39. The number of fused-ring (bicyclic) bond motifs is 1. The number of para-hydroxylation sites is 1. The van der Waals surface area contributed by atoms with Crippen LogP contribution in [0.2, 0.25) is 0 Å². The SMILES string of the molecule is O=C(NC[C@H]1COc2ccccc2C1)c1ccc(CSc2ncccn2)o1. The summed E-state index contributed by atoms with van der Waals surface area (Å²) in [5.41, 5.74) is 1.18. The van der Waals surface area contributed by atoms with E-state index in [-0.39, 0.29) is 11.8 Å². The number of thioether (sulfide) groups is 1. The summed E-state index contributed by atoms with van der Waals surface area (Å²) in [7, 11) is 0. The number of nitrogens with zero attached hydrogens (tertiary/aromatic N) is 2. The zero-order valence-corrected chi connectivity index (χ0v) is 15.4. The fourth-order valence-electron chi connectivity index (χ4n) is 2.92. The summed E-state index contributed by atoms with van der Waals surface area (Å²) in [5, 5.41) is 3.62. The molecule has 0 bridgehead atoms. The van der Waals surface area contributed by atoms with Crippen molar-refractivity contribution in [2.24, 2.45) is 5.92 Å². The molecule has 0 saturated carbocycles. The summed E-state index contributed by atoms with van der Waals surface area (Å²) < 4.78 is 11.4. The van der Waals surface area contributed by atoms with Crippen molar-refractivity contribution in [3.8, 4) is 5.75 Å². The summed E-state index contributed by atoms with van der Waals surface area (Å²) in [5.74, 6) is 2.59. The Morgan fingerprint density at radius 2 is 2.00 bits per heavy atom. The number of furan rings is 1. The van der Waals surface area contributed by atoms with Crippen LogP contribution in [0.1, 0.15) is 21.9 Å². The third-order valence-corrected chi connectivity index (χ3v) is 5.18. The van der Waals surface area contributed by atoms with Gasteiger partial charge in [-0.2, -0.15) is 0 Å². The smallest absolute Gasteiger partial charge is 0.287 e. The van der Waals surface area contributed by atoms with Gasteiger partial charge >= 0.3 is 0 Å². The van der Waals surface area contributed by atoms with Crippen molar-refractivity contribution in [3.05, 3.63) is 71.9 Å². The molecule has 1 aliphatic heterocycles. The molecule has 1 N–H and O–H groups in total. The van der Waals surface area contributed by atoms with Gasteiger partial charge in [0.2, 0.25) is 0 Å². The Labute approximate surface area is 161 Å². The van der Waals surface area contributed by atoms with Crippen LogP contribution < -0.4 is 10.1 Å². The topological polar surface area (TPSA) is 77.2 Å². The lowest BCUT2D eigenvalue weighted by molar-refractivity contribution is 0.0910. The third-order valence-electron chi connectivity index (χ3n) is 4.28. The average Bonchev–Trinajstić information content (AvgIpc) is 3.20. The predicted molar refractivity (Wildman–Crippen MR) is 102 cm³/mol. The maximum Gasteiger partial charge on any atom is 0.287 e. The van der Waals surface area contributed by atoms with Gasteiger partial charge in [0.1, 0.15) is 11.5 Å². The van der Waals surface area contributed by atoms with Gasteiger partial charge in [-0.25, -0.2) is 9.97 Å². The molecule has 7 heteroatoms. The van der Waals surface area contributed by atoms with Gasteiger partial charge in [0.15, 0.2) is 10.9 Å². The standard InChI is InChI=1S/C20H19N3O3S/c24-19(23-11-14-10-15-4-1-2-5-17(15)25-12-14)18-7-6-16(26-18)13-27-20-21-8-3-9-22-20/h1-9,14H,10-13H2,(H,23,24)/t14-/m0/s1. The molecule has 1 aromatic carbocycles. The van der Waals surface area contributed by atoms with Crippen LogP contribution in [0.3, 0.4) is 0 Å². The molecule has 2 aromatic heterocycles. The number of nitrogens with one attached hydrogen (secondary N) is 1. The quantitative estimate of drug-likeness (QED) is 0.521. The predicted octanol–water partition coefficient (Wildman–Crippen LogP) is 3.34. The first kappa shape index (κ1) is 17.6. The number of benzene rings is 1. The second-order valence-electron chi connectivity index (χ2n) is 6.28. The Morgan fingerprint density at radius 3 is 2.89 bits per heavy atom. The molecular formula is C20H19N3O3S. The molecule has 0 saturated heterocycles. The second kappa shape index (κ2) is 8.26. The molecule has 4 rings (SSSR count). The van der Waals surface area contributed by atoms with Crippen LogP contribution >= 0.6 is 11.8 Å². The first-order chi connectivity index (χ1) is 13.3. The van der Waals surface area contributed by atoms with Crippen LogP contribution in [0.25, 0.3) is 0 Å². The maximum absolute atomic E-state index is 12.3. The monoisotopic (exact) mass is 381 g/mol. The number of ether oxygens (including phenoxy) is 1. The first-order valence-electron chi connectivity index (χ1n) is 8.75. The number of hydrogen-bond acceptors (Lipinski definition) is 6. The van der Waals surface area contributed by atoms with Crippen molar-refractivity contribution in [2.45, 2.75) is 17.3 Å². The van der Waals surface area contributed by atoms with E-state index in [2.05, 4.69) is 21.4 Å². The highest BCUT2D eigenvalue weighted by molar-refractivity contribution is 7.98. The van der Waals surface area contributed by atoms with Crippen LogP contribution in [0.15, 0.2) is 64.4 Å². The molecule has 0 unspecified atom stereocenters. The lowest BCUT2D eigenvalue weighted by Gasteiger charge is -2.25. The number of rotatable bonds is 6. The normalized spacial score (nSPS) is 15.6. The molecule has 6 nitrogen and oxygen atoms in total. The Balaban J connectivity index is 1.27. The highest BCUT2D eigenvalue weighted by atomic mass is 32.2. The molecule has 138 valence electrons. The van der Waals surface area contributed by atoms with Crippen molar-refractivity contribution in [1.82, 2.24) is 15.3 Å². The van der Waals surface area contributed by atoms with Crippen LogP contribution in [0, 0.1) is 5.92 Å². The molecule has 27 heavy (non-hydrogen) atoms. The molecule has 1 amide bonds. The molecule has 0 aliphatic carbocycles. The van der Waals surface area contributed by atoms with Gasteiger partial charge in [0, 0.05) is 24.9 Å². The summed E-state index contributed by atoms with van der Waals surface area (Å²) in [6, 6.07) is 13.3. The van der Waals surface area contributed by atoms with Crippen molar-refractivity contribution in [3.63, 3.8) is 0 Å². The molecular weight excluding hydrogens is 362 g/mol. The van der Waals surface area contributed by atoms with E-state index in [1.54, 1.807) is 24.5 Å². The molecule has 3 aromatic rings. The lowest BCUT2D eigenvalue weighted by atomic mass is 9.97. The highest BCUT2D eigenvalue weighted by Crippen LogP contribution is 2.26. The fourth-order valence-corrected chi connectivity index (χ4v) is 3.62. The second-order valence-corrected chi connectivity index (χ2v) is 7.23. The van der Waals surface area contributed by atoms with E-state index in [4.69, 9.17) is 9.15 Å². The van der Waals surface area contributed by atoms with E-state index >= 15 is 0 Å². The van der Waals surface area contributed by atoms with Gasteiger partial charge in [-0.3, -0.25) is 4.79 Å². The molecule has 0 fully saturated rings. The third kappa shape index (κ3) is 4.49. The van der Waals surface area contributed by atoms with E-state index in [1.165, 1.54) is 17.3 Å². The fraction of sp³-hybridized carbons (Fsp3) is 0.250. The van der Waals surface area contributed by atoms with E-state index in [1.807, 2.05) is 24.3 Å². The zero-order chi connectivity index (χ0) is 18.5. The van der Waals surface area contributed by atoms with Gasteiger partial charge in [-0.1, -0.05) is 30.0 Å². The molecule has 1 aliphatic rings. The van der Waals surface area contributed by atoms with Gasteiger partial charge in [-0.05, 0) is 36.2 Å². The van der Waals surface area contributed by atoms with Crippen molar-refractivity contribution < 1.29 is 13.9 Å². The average molecular weight is 381 g/mol. The number of aromatic nitrogens is 2. The molecule has 3 heterocycles. The van der Waals surface area contributed by atoms with Gasteiger partial charge in [0.05, 0.1) is 12.4 Å². The van der Waals surface area contributed by atoms with Crippen molar-refractivity contribution >= 4 is 17.7 Å². The van der Waals surface area contributed by atoms with Gasteiger partial charge < -0.3 is 14.5 Å². The minimum atomic E-state index is -0.207. The summed E-state index contributed by atoms with van der Waals surface area (Å²) in [4.78, 5) is 20.6. The van der Waals surface area contributed by atoms with E-state index in [0.29, 0.717) is 35.6 Å². The molecule has 0 spiro atoms. The lowest BCUT2D eigenvalue weighted by Crippen LogP contribution is -2.34. The summed E-state index contributed by atoms with van der Waals surface area (Å²) in [6.45, 7) is 1.16. The van der Waals surface area contributed by atoms with Crippen molar-refractivity contribution in [2.75, 3.05) is 13.2 Å². The molecule has 1 atom stereocenters. The number of hydrogen-bond donors (Lipinski definition) is 1. The Morgan fingerprint density at radius 1 is 1.15 bits per heavy atom. The van der Waals surface area contributed by atoms with Crippen molar-refractivity contribution in [1.29, 1.82) is 0 Å². The maximum atomic E-state index is 12.3.